The molecule has 0 aliphatic rings. The highest BCUT2D eigenvalue weighted by atomic mass is 35.5. The van der Waals surface area contributed by atoms with Gasteiger partial charge in [-0.05, 0) is 42.5 Å². The average molecular weight is 402 g/mol. The Morgan fingerprint density at radius 1 is 1.07 bits per heavy atom. The van der Waals surface area contributed by atoms with Crippen LogP contribution in [0.25, 0.3) is 0 Å². The number of anilines is 2. The molecule has 3 N–H and O–H groups in total. The van der Waals surface area contributed by atoms with Gasteiger partial charge in [0.25, 0.3) is 5.91 Å². The highest BCUT2D eigenvalue weighted by molar-refractivity contribution is 6.31. The zero-order valence-corrected chi connectivity index (χ0v) is 15.4. The molecule has 0 spiro atoms. The van der Waals surface area contributed by atoms with E-state index in [1.54, 1.807) is 36.4 Å². The Morgan fingerprint density at radius 2 is 1.89 bits per heavy atom. The number of benzene rings is 2. The molecular formula is C20H17ClFN3O3. The fraction of sp³-hybridized carbons (Fsp3) is 0.100. The Hall–Kier alpha value is -3.32. The molecule has 144 valence electrons. The summed E-state index contributed by atoms with van der Waals surface area (Å²) in [6.07, 6.45) is 1.53. The van der Waals surface area contributed by atoms with Crippen molar-refractivity contribution in [3.8, 4) is 0 Å². The van der Waals surface area contributed by atoms with Crippen molar-refractivity contribution in [2.75, 3.05) is 17.2 Å². The lowest BCUT2D eigenvalue weighted by Gasteiger charge is -2.12. The van der Waals surface area contributed by atoms with Crippen LogP contribution in [0.1, 0.15) is 16.1 Å². The Balaban J connectivity index is 1.58. The highest BCUT2D eigenvalue weighted by Gasteiger charge is 2.12. The molecule has 6 nitrogen and oxygen atoms in total. The summed E-state index contributed by atoms with van der Waals surface area (Å²) in [6.45, 7) is 0.170. The molecule has 0 saturated heterocycles. The van der Waals surface area contributed by atoms with Crippen molar-refractivity contribution >= 4 is 34.8 Å². The molecule has 0 fully saturated rings. The lowest BCUT2D eigenvalue weighted by molar-refractivity contribution is -0.114. The van der Waals surface area contributed by atoms with Crippen LogP contribution in [0.15, 0.2) is 65.3 Å². The fourth-order valence-corrected chi connectivity index (χ4v) is 2.65. The number of para-hydroxylation sites is 1. The van der Waals surface area contributed by atoms with E-state index in [1.807, 2.05) is 0 Å². The molecule has 0 aliphatic carbocycles. The first kappa shape index (κ1) is 19.4. The first-order valence-electron chi connectivity index (χ1n) is 8.41. The molecule has 0 atom stereocenters. The van der Waals surface area contributed by atoms with E-state index in [-0.39, 0.29) is 29.9 Å². The second-order valence-corrected chi connectivity index (χ2v) is 6.25. The molecule has 0 aliphatic heterocycles. The summed E-state index contributed by atoms with van der Waals surface area (Å²) < 4.78 is 18.4. The maximum absolute atomic E-state index is 13.2. The molecule has 2 aromatic carbocycles. The SMILES string of the molecule is O=C(CNc1ccccc1C(=O)NCc1ccco1)Nc1ccc(F)c(Cl)c1. The van der Waals surface area contributed by atoms with Crippen LogP contribution in [0.4, 0.5) is 15.8 Å². The van der Waals surface area contributed by atoms with E-state index in [1.165, 1.54) is 24.5 Å². The van der Waals surface area contributed by atoms with Crippen molar-refractivity contribution in [1.82, 2.24) is 5.32 Å². The van der Waals surface area contributed by atoms with Crippen LogP contribution in [0.5, 0.6) is 0 Å². The van der Waals surface area contributed by atoms with Crippen molar-refractivity contribution in [3.05, 3.63) is 83.0 Å². The van der Waals surface area contributed by atoms with E-state index < -0.39 is 5.82 Å². The summed E-state index contributed by atoms with van der Waals surface area (Å²) in [5.74, 6) is -0.595. The van der Waals surface area contributed by atoms with E-state index in [0.717, 1.165) is 0 Å². The van der Waals surface area contributed by atoms with Crippen LogP contribution in [-0.2, 0) is 11.3 Å². The number of amides is 2. The minimum Gasteiger partial charge on any atom is -0.467 e. The minimum atomic E-state index is -0.563. The van der Waals surface area contributed by atoms with Gasteiger partial charge in [0.1, 0.15) is 11.6 Å². The first-order valence-corrected chi connectivity index (χ1v) is 8.79. The van der Waals surface area contributed by atoms with Gasteiger partial charge < -0.3 is 20.4 Å². The highest BCUT2D eigenvalue weighted by Crippen LogP contribution is 2.19. The molecule has 2 amide bonds. The number of carbonyl (C=O) groups excluding carboxylic acids is 2. The molecule has 1 heterocycles. The maximum atomic E-state index is 13.2. The van der Waals surface area contributed by atoms with Gasteiger partial charge in [-0.1, -0.05) is 23.7 Å². The molecule has 3 rings (SSSR count). The smallest absolute Gasteiger partial charge is 0.253 e. The van der Waals surface area contributed by atoms with Gasteiger partial charge in [0.05, 0.1) is 29.9 Å². The van der Waals surface area contributed by atoms with Gasteiger partial charge in [-0.25, -0.2) is 4.39 Å². The lowest BCUT2D eigenvalue weighted by atomic mass is 10.1. The van der Waals surface area contributed by atoms with Gasteiger partial charge >= 0.3 is 0 Å². The van der Waals surface area contributed by atoms with Crippen LogP contribution in [-0.4, -0.2) is 18.4 Å². The Kier molecular flexibility index (Phi) is 6.29. The summed E-state index contributed by atoms with van der Waals surface area (Å²) in [6, 6.07) is 14.2. The Bertz CT molecular complexity index is 977. The summed E-state index contributed by atoms with van der Waals surface area (Å²) in [5, 5.41) is 8.22. The summed E-state index contributed by atoms with van der Waals surface area (Å²) in [7, 11) is 0. The third kappa shape index (κ3) is 5.11. The molecule has 0 bridgehead atoms. The van der Waals surface area contributed by atoms with Crippen LogP contribution >= 0.6 is 11.6 Å². The Labute approximate surface area is 165 Å². The van der Waals surface area contributed by atoms with E-state index in [0.29, 0.717) is 22.7 Å². The normalized spacial score (nSPS) is 10.4. The summed E-state index contributed by atoms with van der Waals surface area (Å²) in [4.78, 5) is 24.5. The van der Waals surface area contributed by atoms with E-state index in [2.05, 4.69) is 16.0 Å². The molecule has 0 radical (unpaired) electrons. The number of carbonyl (C=O) groups is 2. The molecule has 28 heavy (non-hydrogen) atoms. The number of furan rings is 1. The number of hydrogen-bond acceptors (Lipinski definition) is 4. The van der Waals surface area contributed by atoms with E-state index in [9.17, 15) is 14.0 Å². The third-order valence-electron chi connectivity index (χ3n) is 3.82. The standard InChI is InChI=1S/C20H17ClFN3O3/c21-16-10-13(7-8-17(16)22)25-19(26)12-23-18-6-2-1-5-15(18)20(27)24-11-14-4-3-9-28-14/h1-10,23H,11-12H2,(H,24,27)(H,25,26). The molecule has 3 aromatic rings. The summed E-state index contributed by atoms with van der Waals surface area (Å²) in [5.41, 5.74) is 1.28. The predicted molar refractivity (Wildman–Crippen MR) is 105 cm³/mol. The molecule has 0 saturated carbocycles. The van der Waals surface area contributed by atoms with Crippen molar-refractivity contribution in [2.24, 2.45) is 0 Å². The lowest BCUT2D eigenvalue weighted by Crippen LogP contribution is -2.26. The van der Waals surface area contributed by atoms with Gasteiger partial charge in [0.2, 0.25) is 5.91 Å². The van der Waals surface area contributed by atoms with Gasteiger partial charge in [-0.15, -0.1) is 0 Å². The van der Waals surface area contributed by atoms with Gasteiger partial charge in [0.15, 0.2) is 0 Å². The molecule has 0 unspecified atom stereocenters. The maximum Gasteiger partial charge on any atom is 0.253 e. The average Bonchev–Trinajstić information content (AvgIpc) is 3.21. The second kappa shape index (κ2) is 9.05. The summed E-state index contributed by atoms with van der Waals surface area (Å²) >= 11 is 5.70. The van der Waals surface area contributed by atoms with Gasteiger partial charge in [-0.3, -0.25) is 9.59 Å². The second-order valence-electron chi connectivity index (χ2n) is 5.84. The topological polar surface area (TPSA) is 83.4 Å². The Morgan fingerprint density at radius 3 is 2.64 bits per heavy atom. The predicted octanol–water partition coefficient (Wildman–Crippen LogP) is 4.05. The largest absolute Gasteiger partial charge is 0.467 e. The zero-order chi connectivity index (χ0) is 19.9. The van der Waals surface area contributed by atoms with Crippen molar-refractivity contribution in [1.29, 1.82) is 0 Å². The van der Waals surface area contributed by atoms with Crippen LogP contribution in [0.3, 0.4) is 0 Å². The quantitative estimate of drug-likeness (QED) is 0.557. The first-order chi connectivity index (χ1) is 13.5. The number of rotatable bonds is 7. The van der Waals surface area contributed by atoms with Crippen molar-refractivity contribution in [3.63, 3.8) is 0 Å². The van der Waals surface area contributed by atoms with E-state index in [4.69, 9.17) is 16.0 Å². The van der Waals surface area contributed by atoms with Crippen molar-refractivity contribution < 1.29 is 18.4 Å². The number of halogens is 2. The number of hydrogen-bond donors (Lipinski definition) is 3. The third-order valence-corrected chi connectivity index (χ3v) is 4.11. The monoisotopic (exact) mass is 401 g/mol. The number of nitrogens with one attached hydrogen (secondary N) is 3. The van der Waals surface area contributed by atoms with Crippen molar-refractivity contribution in [2.45, 2.75) is 6.54 Å². The van der Waals surface area contributed by atoms with Gasteiger partial charge in [0, 0.05) is 11.4 Å². The molecular weight excluding hydrogens is 385 g/mol. The van der Waals surface area contributed by atoms with E-state index >= 15 is 0 Å². The van der Waals surface area contributed by atoms with Crippen LogP contribution in [0.2, 0.25) is 5.02 Å². The minimum absolute atomic E-state index is 0.0793. The van der Waals surface area contributed by atoms with Crippen LogP contribution < -0.4 is 16.0 Å². The van der Waals surface area contributed by atoms with Gasteiger partial charge in [-0.2, -0.15) is 0 Å². The zero-order valence-electron chi connectivity index (χ0n) is 14.7. The molecule has 8 heteroatoms. The fourth-order valence-electron chi connectivity index (χ4n) is 2.47. The molecule has 1 aromatic heterocycles. The van der Waals surface area contributed by atoms with Crippen LogP contribution in [0, 0.1) is 5.82 Å².